The van der Waals surface area contributed by atoms with Crippen LogP contribution in [0.15, 0.2) is 0 Å². The maximum absolute atomic E-state index is 2.47. The van der Waals surface area contributed by atoms with Crippen LogP contribution in [-0.4, -0.2) is 7.85 Å². The maximum Gasteiger partial charge on any atom is 0.101 e. The van der Waals surface area contributed by atoms with Gasteiger partial charge in [-0.25, -0.2) is 0 Å². The van der Waals surface area contributed by atoms with Crippen LogP contribution >= 0.6 is 0 Å². The van der Waals surface area contributed by atoms with Gasteiger partial charge in [-0.3, -0.25) is 0 Å². The molecule has 0 aromatic carbocycles. The third kappa shape index (κ3) is 9.89. The quantitative estimate of drug-likeness (QED) is 0.241. The Hall–Kier alpha value is 0.0649. The van der Waals surface area contributed by atoms with Crippen LogP contribution in [0.3, 0.4) is 0 Å². The lowest BCUT2D eigenvalue weighted by atomic mass is 9.90. The van der Waals surface area contributed by atoms with Gasteiger partial charge < -0.3 is 0 Å². The Morgan fingerprint density at radius 2 is 1.30 bits per heavy atom. The van der Waals surface area contributed by atoms with E-state index in [1.54, 1.807) is 0 Å². The molecule has 1 heteroatoms. The monoisotopic (exact) mass is 278 g/mol. The number of hydrogen-bond donors (Lipinski definition) is 0. The van der Waals surface area contributed by atoms with Crippen molar-refractivity contribution < 1.29 is 0 Å². The number of unbranched alkanes of at least 4 members (excludes halogenated alkanes) is 8. The molecule has 118 valence electrons. The minimum absolute atomic E-state index is 1.01. The molecule has 1 fully saturated rings. The molecule has 1 rings (SSSR count). The third-order valence-electron chi connectivity index (χ3n) is 5.26. The zero-order chi connectivity index (χ0) is 14.5. The molecular formula is C19H39B. The van der Waals surface area contributed by atoms with Crippen molar-refractivity contribution in [3.63, 3.8) is 0 Å². The van der Waals surface area contributed by atoms with Crippen molar-refractivity contribution in [1.29, 1.82) is 0 Å². The van der Waals surface area contributed by atoms with Crippen molar-refractivity contribution in [3.05, 3.63) is 0 Å². The Morgan fingerprint density at radius 1 is 0.750 bits per heavy atom. The van der Waals surface area contributed by atoms with E-state index in [1.807, 2.05) is 0 Å². The fourth-order valence-corrected chi connectivity index (χ4v) is 3.91. The van der Waals surface area contributed by atoms with E-state index in [0.717, 1.165) is 11.8 Å². The first kappa shape index (κ1) is 18.1. The molecule has 0 aliphatic heterocycles. The van der Waals surface area contributed by atoms with Crippen LogP contribution in [0.4, 0.5) is 0 Å². The minimum Gasteiger partial charge on any atom is -0.0811 e. The molecule has 1 aliphatic rings. The van der Waals surface area contributed by atoms with Crippen LogP contribution in [0.5, 0.6) is 0 Å². The second-order valence-corrected chi connectivity index (χ2v) is 7.46. The predicted molar refractivity (Wildman–Crippen MR) is 95.3 cm³/mol. The van der Waals surface area contributed by atoms with Crippen molar-refractivity contribution in [3.8, 4) is 0 Å². The molecule has 0 N–H and O–H groups in total. The molecule has 1 aliphatic carbocycles. The van der Waals surface area contributed by atoms with Gasteiger partial charge in [0.1, 0.15) is 7.85 Å². The lowest BCUT2D eigenvalue weighted by Gasteiger charge is -2.16. The first-order chi connectivity index (χ1) is 9.83. The Labute approximate surface area is 129 Å². The van der Waals surface area contributed by atoms with Crippen molar-refractivity contribution in [2.75, 3.05) is 0 Å². The highest BCUT2D eigenvalue weighted by atomic mass is 14.2. The minimum atomic E-state index is 1.01. The maximum atomic E-state index is 2.47. The Balaban J connectivity index is 1.84. The molecule has 20 heavy (non-hydrogen) atoms. The molecule has 0 heterocycles. The second kappa shape index (κ2) is 12.8. The van der Waals surface area contributed by atoms with Crippen molar-refractivity contribution in [2.24, 2.45) is 11.8 Å². The smallest absolute Gasteiger partial charge is 0.0811 e. The fourth-order valence-electron chi connectivity index (χ4n) is 3.91. The van der Waals surface area contributed by atoms with E-state index in [-0.39, 0.29) is 0 Å². The molecule has 2 atom stereocenters. The summed E-state index contributed by atoms with van der Waals surface area (Å²) in [5, 5.41) is 0. The largest absolute Gasteiger partial charge is 0.101 e. The Kier molecular flexibility index (Phi) is 11.6. The first-order valence-corrected chi connectivity index (χ1v) is 9.83. The van der Waals surface area contributed by atoms with Gasteiger partial charge in [-0.2, -0.15) is 0 Å². The molecule has 0 spiro atoms. The van der Waals surface area contributed by atoms with E-state index in [0.29, 0.717) is 0 Å². The summed E-state index contributed by atoms with van der Waals surface area (Å²) in [5.41, 5.74) is 0. The third-order valence-corrected chi connectivity index (χ3v) is 5.26. The van der Waals surface area contributed by atoms with E-state index in [9.17, 15) is 0 Å². The highest BCUT2D eigenvalue weighted by Gasteiger charge is 2.16. The zero-order valence-electron chi connectivity index (χ0n) is 14.5. The predicted octanol–water partition coefficient (Wildman–Crippen LogP) is 6.16. The van der Waals surface area contributed by atoms with Gasteiger partial charge in [-0.1, -0.05) is 103 Å². The lowest BCUT2D eigenvalue weighted by Crippen LogP contribution is -2.03. The molecule has 0 aromatic rings. The Morgan fingerprint density at radius 3 is 1.95 bits per heavy atom. The molecule has 2 unspecified atom stereocenters. The van der Waals surface area contributed by atoms with Gasteiger partial charge in [0.15, 0.2) is 0 Å². The van der Waals surface area contributed by atoms with Crippen molar-refractivity contribution in [2.45, 2.75) is 110 Å². The fraction of sp³-hybridized carbons (Fsp3) is 1.00. The van der Waals surface area contributed by atoms with E-state index < -0.39 is 0 Å². The van der Waals surface area contributed by atoms with Crippen molar-refractivity contribution in [1.82, 2.24) is 0 Å². The van der Waals surface area contributed by atoms with E-state index in [2.05, 4.69) is 14.8 Å². The highest BCUT2D eigenvalue weighted by Crippen LogP contribution is 2.30. The standard InChI is InChI=1S/C19H39B/c1-18-13-10-11-15-19(17-18)14-9-7-5-3-2-4-6-8-12-16-20/h18-19H,2-17,20H2,1H3. The van der Waals surface area contributed by atoms with Gasteiger partial charge in [-0.05, 0) is 18.3 Å². The molecule has 1 saturated carbocycles. The zero-order valence-corrected chi connectivity index (χ0v) is 14.5. The summed E-state index contributed by atoms with van der Waals surface area (Å²) in [7, 11) is 2.30. The average Bonchev–Trinajstić information content (AvgIpc) is 2.65. The summed E-state index contributed by atoms with van der Waals surface area (Å²) in [6, 6.07) is 0. The van der Waals surface area contributed by atoms with Crippen LogP contribution in [0, 0.1) is 11.8 Å². The van der Waals surface area contributed by atoms with Gasteiger partial charge in [0, 0.05) is 0 Å². The lowest BCUT2D eigenvalue weighted by molar-refractivity contribution is 0.360. The van der Waals surface area contributed by atoms with E-state index in [4.69, 9.17) is 0 Å². The number of hydrogen-bond acceptors (Lipinski definition) is 0. The molecule has 0 bridgehead atoms. The van der Waals surface area contributed by atoms with Crippen LogP contribution in [0.25, 0.3) is 0 Å². The first-order valence-electron chi connectivity index (χ1n) is 9.83. The summed E-state index contributed by atoms with van der Waals surface area (Å²) < 4.78 is 0. The van der Waals surface area contributed by atoms with Crippen LogP contribution in [-0.2, 0) is 0 Å². The van der Waals surface area contributed by atoms with Crippen LogP contribution < -0.4 is 0 Å². The summed E-state index contributed by atoms with van der Waals surface area (Å²) >= 11 is 0. The normalized spacial score (nSPS) is 23.6. The highest BCUT2D eigenvalue weighted by molar-refractivity contribution is 6.08. The molecule has 0 saturated heterocycles. The van der Waals surface area contributed by atoms with Gasteiger partial charge >= 0.3 is 0 Å². The second-order valence-electron chi connectivity index (χ2n) is 7.46. The molecule has 0 radical (unpaired) electrons. The van der Waals surface area contributed by atoms with Gasteiger partial charge in [0.2, 0.25) is 0 Å². The average molecular weight is 278 g/mol. The van der Waals surface area contributed by atoms with Crippen molar-refractivity contribution >= 4 is 7.85 Å². The van der Waals surface area contributed by atoms with E-state index >= 15 is 0 Å². The Bertz CT molecular complexity index is 202. The van der Waals surface area contributed by atoms with E-state index in [1.165, 1.54) is 103 Å². The van der Waals surface area contributed by atoms with Gasteiger partial charge in [0.05, 0.1) is 0 Å². The topological polar surface area (TPSA) is 0 Å². The summed E-state index contributed by atoms with van der Waals surface area (Å²) in [6.45, 7) is 2.47. The van der Waals surface area contributed by atoms with Gasteiger partial charge in [0.25, 0.3) is 0 Å². The molecule has 0 aromatic heterocycles. The summed E-state index contributed by atoms with van der Waals surface area (Å²) in [4.78, 5) is 0. The van der Waals surface area contributed by atoms with Crippen LogP contribution in [0.1, 0.15) is 103 Å². The van der Waals surface area contributed by atoms with Crippen LogP contribution in [0.2, 0.25) is 6.32 Å². The number of rotatable bonds is 11. The summed E-state index contributed by atoms with van der Waals surface area (Å²) in [5.74, 6) is 2.08. The molecule has 0 nitrogen and oxygen atoms in total. The SMILES string of the molecule is BCCCCCCCCCCCC1CCCCC(C)C1. The van der Waals surface area contributed by atoms with Gasteiger partial charge in [-0.15, -0.1) is 0 Å². The molecular weight excluding hydrogens is 239 g/mol. The summed E-state index contributed by atoms with van der Waals surface area (Å²) in [6.07, 6.45) is 23.8. The molecule has 0 amide bonds.